The Kier molecular flexibility index (Phi) is 11.5. The van der Waals surface area contributed by atoms with Gasteiger partial charge in [-0.15, -0.1) is 0 Å². The Morgan fingerprint density at radius 2 is 1.45 bits per heavy atom. The number of hydrogen-bond acceptors (Lipinski definition) is 8. The van der Waals surface area contributed by atoms with Crippen molar-refractivity contribution >= 4 is 11.7 Å². The number of carbonyl (C=O) groups is 1. The van der Waals surface area contributed by atoms with Crippen molar-refractivity contribution in [3.05, 3.63) is 150 Å². The highest BCUT2D eigenvalue weighted by molar-refractivity contribution is 5.89. The van der Waals surface area contributed by atoms with Gasteiger partial charge < -0.3 is 44.3 Å². The van der Waals surface area contributed by atoms with Crippen LogP contribution >= 0.6 is 0 Å². The largest absolute Gasteiger partial charge is 0.457 e. The van der Waals surface area contributed by atoms with Crippen molar-refractivity contribution in [3.63, 3.8) is 0 Å². The van der Waals surface area contributed by atoms with Gasteiger partial charge in [0.1, 0.15) is 11.5 Å². The van der Waals surface area contributed by atoms with Crippen molar-refractivity contribution in [1.29, 1.82) is 0 Å². The maximum Gasteiger partial charge on any atom is 0.319 e. The molecule has 1 spiro atoms. The van der Waals surface area contributed by atoms with Gasteiger partial charge in [-0.3, -0.25) is 0 Å². The van der Waals surface area contributed by atoms with Crippen LogP contribution in [0.5, 0.6) is 11.5 Å². The molecule has 0 saturated carbocycles. The van der Waals surface area contributed by atoms with Crippen LogP contribution in [0.25, 0.3) is 11.1 Å². The number of nitrogens with one attached hydrogen (secondary N) is 2. The van der Waals surface area contributed by atoms with E-state index in [1.807, 2.05) is 91.0 Å². The Hall–Kier alpha value is -5.07. The van der Waals surface area contributed by atoms with Crippen LogP contribution in [0.3, 0.4) is 0 Å². The van der Waals surface area contributed by atoms with Crippen LogP contribution in [0.15, 0.2) is 127 Å². The van der Waals surface area contributed by atoms with Crippen LogP contribution in [0, 0.1) is 0 Å². The molecular weight excluding hydrogens is 695 g/mol. The average Bonchev–Trinajstić information content (AvgIpc) is 3.70. The summed E-state index contributed by atoms with van der Waals surface area (Å²) >= 11 is 0. The molecule has 10 heteroatoms. The second-order valence-electron chi connectivity index (χ2n) is 14.3. The van der Waals surface area contributed by atoms with Crippen LogP contribution in [0.4, 0.5) is 10.5 Å². The molecule has 2 amide bonds. The first-order chi connectivity index (χ1) is 27.0. The van der Waals surface area contributed by atoms with Crippen molar-refractivity contribution < 1.29 is 33.6 Å². The van der Waals surface area contributed by atoms with Gasteiger partial charge in [0.05, 0.1) is 32.0 Å². The zero-order chi connectivity index (χ0) is 37.5. The van der Waals surface area contributed by atoms with Gasteiger partial charge in [0.25, 0.3) is 0 Å². The summed E-state index contributed by atoms with van der Waals surface area (Å²) < 4.78 is 31.0. The SMILES string of the molecule is O=C(NCc1cccc(-c2ccc(C3OC(CN4CCC5(CC4)OCCO5)CC(c4ccc(CO)cc4)O3)cc2)c1)Nc1ccc(Oc2ccccc2)cc1. The molecule has 3 atom stereocenters. The van der Waals surface area contributed by atoms with Gasteiger partial charge in [-0.25, -0.2) is 4.79 Å². The third-order valence-corrected chi connectivity index (χ3v) is 10.5. The second kappa shape index (κ2) is 17.2. The summed E-state index contributed by atoms with van der Waals surface area (Å²) in [6.45, 7) is 4.32. The molecule has 8 rings (SSSR count). The molecule has 10 nitrogen and oxygen atoms in total. The van der Waals surface area contributed by atoms with Gasteiger partial charge >= 0.3 is 6.03 Å². The van der Waals surface area contributed by atoms with Gasteiger partial charge in [0.2, 0.25) is 0 Å². The lowest BCUT2D eigenvalue weighted by Crippen LogP contribution is -2.48. The number of carbonyl (C=O) groups excluding carboxylic acids is 1. The number of benzene rings is 5. The lowest BCUT2D eigenvalue weighted by molar-refractivity contribution is -0.255. The zero-order valence-corrected chi connectivity index (χ0v) is 30.8. The quantitative estimate of drug-likeness (QED) is 0.124. The maximum atomic E-state index is 12.7. The third-order valence-electron chi connectivity index (χ3n) is 10.5. The Morgan fingerprint density at radius 3 is 2.18 bits per heavy atom. The molecule has 3 unspecified atom stereocenters. The topological polar surface area (TPSA) is 111 Å². The van der Waals surface area contributed by atoms with Crippen molar-refractivity contribution in [3.8, 4) is 22.6 Å². The van der Waals surface area contributed by atoms with Crippen LogP contribution in [-0.2, 0) is 32.1 Å². The van der Waals surface area contributed by atoms with E-state index in [9.17, 15) is 9.90 Å². The first-order valence-electron chi connectivity index (χ1n) is 19.1. The highest BCUT2D eigenvalue weighted by Crippen LogP contribution is 2.39. The lowest BCUT2D eigenvalue weighted by atomic mass is 9.98. The number of para-hydroxylation sites is 1. The number of ether oxygens (including phenoxy) is 5. The molecule has 3 aliphatic heterocycles. The number of rotatable bonds is 11. The smallest absolute Gasteiger partial charge is 0.319 e. The average molecular weight is 742 g/mol. The first kappa shape index (κ1) is 36.9. The van der Waals surface area contributed by atoms with Gasteiger partial charge in [-0.2, -0.15) is 0 Å². The van der Waals surface area contributed by atoms with Gasteiger partial charge in [0.15, 0.2) is 12.1 Å². The molecule has 5 aromatic carbocycles. The fraction of sp³-hybridized carbons (Fsp3) is 0.311. The standard InChI is InChI=1S/C45H47N3O7/c49-31-32-9-11-35(12-10-32)42-28-41(30-48-23-21-45(22-24-48)51-25-26-52-45)54-43(55-42)36-15-13-34(14-16-36)37-6-4-5-33(27-37)29-46-44(50)47-38-17-19-40(20-18-38)53-39-7-2-1-3-8-39/h1-20,27,41-43,49H,21-26,28-31H2,(H2,46,47,50). The highest BCUT2D eigenvalue weighted by Gasteiger charge is 2.41. The maximum absolute atomic E-state index is 12.7. The van der Waals surface area contributed by atoms with Crippen LogP contribution in [0.2, 0.25) is 0 Å². The number of piperidine rings is 1. The normalized spacial score (nSPS) is 20.9. The molecule has 0 aromatic heterocycles. The van der Waals surface area contributed by atoms with E-state index in [2.05, 4.69) is 51.9 Å². The summed E-state index contributed by atoms with van der Waals surface area (Å²) in [6, 6.07) is 41.0. The van der Waals surface area contributed by atoms with Crippen molar-refractivity contribution in [2.24, 2.45) is 0 Å². The van der Waals surface area contributed by atoms with Crippen molar-refractivity contribution in [1.82, 2.24) is 10.2 Å². The van der Waals surface area contributed by atoms with E-state index in [-0.39, 0.29) is 24.8 Å². The Morgan fingerprint density at radius 1 is 0.745 bits per heavy atom. The zero-order valence-electron chi connectivity index (χ0n) is 30.8. The van der Waals surface area contributed by atoms with E-state index < -0.39 is 12.1 Å². The number of amides is 2. The van der Waals surface area contributed by atoms with E-state index >= 15 is 0 Å². The van der Waals surface area contributed by atoms with Crippen LogP contribution in [0.1, 0.15) is 53.9 Å². The summed E-state index contributed by atoms with van der Waals surface area (Å²) in [5.41, 5.74) is 6.64. The summed E-state index contributed by atoms with van der Waals surface area (Å²) in [5, 5.41) is 15.4. The molecule has 3 fully saturated rings. The number of likely N-dealkylation sites (tertiary alicyclic amines) is 1. The summed E-state index contributed by atoms with van der Waals surface area (Å²) in [4.78, 5) is 15.2. The van der Waals surface area contributed by atoms with E-state index in [4.69, 9.17) is 23.7 Å². The Labute approximate surface area is 321 Å². The summed E-state index contributed by atoms with van der Waals surface area (Å²) in [7, 11) is 0. The van der Waals surface area contributed by atoms with E-state index in [1.54, 1.807) is 0 Å². The fourth-order valence-electron chi connectivity index (χ4n) is 7.47. The van der Waals surface area contributed by atoms with E-state index in [0.717, 1.165) is 78.0 Å². The van der Waals surface area contributed by atoms with Crippen molar-refractivity contribution in [2.75, 3.05) is 38.2 Å². The monoisotopic (exact) mass is 741 g/mol. The van der Waals surface area contributed by atoms with Gasteiger partial charge in [0, 0.05) is 56.7 Å². The van der Waals surface area contributed by atoms with E-state index in [1.165, 1.54) is 0 Å². The third kappa shape index (κ3) is 9.42. The first-order valence-corrected chi connectivity index (χ1v) is 19.1. The molecule has 55 heavy (non-hydrogen) atoms. The molecule has 3 saturated heterocycles. The molecule has 0 bridgehead atoms. The lowest BCUT2D eigenvalue weighted by Gasteiger charge is -2.41. The number of urea groups is 1. The predicted molar refractivity (Wildman–Crippen MR) is 209 cm³/mol. The molecule has 3 N–H and O–H groups in total. The second-order valence-corrected chi connectivity index (χ2v) is 14.3. The number of aliphatic hydroxyl groups is 1. The predicted octanol–water partition coefficient (Wildman–Crippen LogP) is 8.34. The number of hydrogen-bond donors (Lipinski definition) is 3. The minimum absolute atomic E-state index is 0.00670. The minimum Gasteiger partial charge on any atom is -0.457 e. The number of nitrogens with zero attached hydrogens (tertiary/aromatic N) is 1. The van der Waals surface area contributed by atoms with Crippen LogP contribution in [-0.4, -0.2) is 60.8 Å². The molecule has 284 valence electrons. The number of aliphatic hydroxyl groups excluding tert-OH is 1. The fourth-order valence-corrected chi connectivity index (χ4v) is 7.47. The highest BCUT2D eigenvalue weighted by atomic mass is 16.7. The van der Waals surface area contributed by atoms with Gasteiger partial charge in [-0.1, -0.05) is 84.9 Å². The Balaban J connectivity index is 0.885. The molecule has 3 heterocycles. The summed E-state index contributed by atoms with van der Waals surface area (Å²) in [6.07, 6.45) is 1.74. The minimum atomic E-state index is -0.533. The molecular formula is C45H47N3O7. The molecule has 0 radical (unpaired) electrons. The van der Waals surface area contributed by atoms with Crippen LogP contribution < -0.4 is 15.4 Å². The van der Waals surface area contributed by atoms with E-state index in [0.29, 0.717) is 31.2 Å². The summed E-state index contributed by atoms with van der Waals surface area (Å²) in [5.74, 6) is 1.03. The van der Waals surface area contributed by atoms with Gasteiger partial charge in [-0.05, 0) is 70.3 Å². The molecule has 0 aliphatic carbocycles. The number of anilines is 1. The molecule has 5 aromatic rings. The molecule has 3 aliphatic rings. The Bertz CT molecular complexity index is 1990. The van der Waals surface area contributed by atoms with Crippen molar-refractivity contribution in [2.45, 2.75) is 56.7 Å².